The molecule has 62 valence electrons. The second-order valence-corrected chi connectivity index (χ2v) is 3.84. The normalized spacial score (nSPS) is 44.1. The number of hydrogen-bond acceptors (Lipinski definition) is 1. The predicted molar refractivity (Wildman–Crippen MR) is 40.0 cm³/mol. The molecule has 0 heterocycles. The molecule has 0 aromatic rings. The van der Waals surface area contributed by atoms with Crippen LogP contribution in [0.4, 0.5) is 4.39 Å². The lowest BCUT2D eigenvalue weighted by Gasteiger charge is -2.36. The number of hydrogen-bond donors (Lipinski definition) is 0. The van der Waals surface area contributed by atoms with Gasteiger partial charge in [-0.15, -0.1) is 0 Å². The van der Waals surface area contributed by atoms with Gasteiger partial charge in [-0.1, -0.05) is 6.42 Å². The molecule has 2 saturated carbocycles. The third kappa shape index (κ3) is 1.19. The number of fused-ring (bicyclic) bond motifs is 2. The first-order chi connectivity index (χ1) is 5.27. The highest BCUT2D eigenvalue weighted by atomic mass is 19.1. The maximum absolute atomic E-state index is 13.3. The summed E-state index contributed by atoms with van der Waals surface area (Å²) in [6.45, 7) is 0. The van der Waals surface area contributed by atoms with Crippen LogP contribution >= 0.6 is 0 Å². The molecule has 2 heteroatoms. The van der Waals surface area contributed by atoms with E-state index in [0.29, 0.717) is 12.8 Å². The van der Waals surface area contributed by atoms with Gasteiger partial charge in [0.25, 0.3) is 0 Å². The Balaban J connectivity index is 2.12. The summed E-state index contributed by atoms with van der Waals surface area (Å²) in [4.78, 5) is 11.1. The summed E-state index contributed by atoms with van der Waals surface area (Å²) in [7, 11) is 0. The molecule has 2 aliphatic carbocycles. The van der Waals surface area contributed by atoms with Gasteiger partial charge < -0.3 is 0 Å². The minimum atomic E-state index is -0.665. The molecule has 0 radical (unpaired) electrons. The van der Waals surface area contributed by atoms with Crippen molar-refractivity contribution in [3.63, 3.8) is 0 Å². The average Bonchev–Trinajstić information content (AvgIpc) is 1.92. The Labute approximate surface area is 66.0 Å². The zero-order valence-electron chi connectivity index (χ0n) is 6.55. The van der Waals surface area contributed by atoms with Gasteiger partial charge in [0.05, 0.1) is 0 Å². The number of halogens is 1. The highest BCUT2D eigenvalue weighted by Gasteiger charge is 2.39. The number of carbonyl (C=O) groups is 1. The molecule has 0 amide bonds. The van der Waals surface area contributed by atoms with Gasteiger partial charge in [0.2, 0.25) is 0 Å². The van der Waals surface area contributed by atoms with E-state index in [1.54, 1.807) is 0 Å². The van der Waals surface area contributed by atoms with Crippen LogP contribution in [0, 0.1) is 11.8 Å². The van der Waals surface area contributed by atoms with Gasteiger partial charge >= 0.3 is 0 Å². The van der Waals surface area contributed by atoms with E-state index in [-0.39, 0.29) is 17.6 Å². The van der Waals surface area contributed by atoms with Crippen molar-refractivity contribution in [1.82, 2.24) is 0 Å². The monoisotopic (exact) mass is 156 g/mol. The van der Waals surface area contributed by atoms with E-state index in [4.69, 9.17) is 0 Å². The molecule has 0 aromatic heterocycles. The molecule has 0 aliphatic heterocycles. The van der Waals surface area contributed by atoms with Crippen LogP contribution < -0.4 is 0 Å². The van der Waals surface area contributed by atoms with Gasteiger partial charge in [-0.3, -0.25) is 4.79 Å². The lowest BCUT2D eigenvalue weighted by Crippen LogP contribution is -2.37. The molecule has 2 atom stereocenters. The van der Waals surface area contributed by atoms with Crippen LogP contribution in [0.1, 0.15) is 32.1 Å². The molecule has 0 aromatic carbocycles. The smallest absolute Gasteiger partial charge is 0.133 e. The first-order valence-corrected chi connectivity index (χ1v) is 4.43. The lowest BCUT2D eigenvalue weighted by molar-refractivity contribution is -0.127. The maximum atomic E-state index is 13.3. The van der Waals surface area contributed by atoms with Gasteiger partial charge in [-0.2, -0.15) is 0 Å². The van der Waals surface area contributed by atoms with Gasteiger partial charge in [-0.25, -0.2) is 4.39 Å². The fraction of sp³-hybridized carbons (Fsp3) is 0.889. The summed E-state index contributed by atoms with van der Waals surface area (Å²) < 4.78 is 13.3. The van der Waals surface area contributed by atoms with Crippen molar-refractivity contribution in [2.24, 2.45) is 11.8 Å². The van der Waals surface area contributed by atoms with Crippen LogP contribution in [0.15, 0.2) is 0 Å². The van der Waals surface area contributed by atoms with E-state index in [2.05, 4.69) is 0 Å². The third-order valence-electron chi connectivity index (χ3n) is 3.03. The van der Waals surface area contributed by atoms with Crippen LogP contribution in [0.25, 0.3) is 0 Å². The van der Waals surface area contributed by atoms with Crippen LogP contribution in [0.3, 0.4) is 0 Å². The van der Waals surface area contributed by atoms with E-state index in [0.717, 1.165) is 19.3 Å². The van der Waals surface area contributed by atoms with E-state index < -0.39 is 6.17 Å². The predicted octanol–water partition coefficient (Wildman–Crippen LogP) is 2.10. The van der Waals surface area contributed by atoms with Crippen LogP contribution in [-0.4, -0.2) is 12.0 Å². The van der Waals surface area contributed by atoms with Gasteiger partial charge in [0.1, 0.15) is 12.0 Å². The Kier molecular flexibility index (Phi) is 1.70. The molecule has 0 unspecified atom stereocenters. The molecule has 0 spiro atoms. The summed E-state index contributed by atoms with van der Waals surface area (Å²) in [6, 6.07) is 0. The van der Waals surface area contributed by atoms with Crippen LogP contribution in [0.2, 0.25) is 0 Å². The minimum Gasteiger partial charge on any atom is -0.300 e. The zero-order valence-corrected chi connectivity index (χ0v) is 6.55. The first kappa shape index (κ1) is 7.26. The van der Waals surface area contributed by atoms with Crippen molar-refractivity contribution >= 4 is 5.78 Å². The van der Waals surface area contributed by atoms with Crippen molar-refractivity contribution in [2.45, 2.75) is 38.3 Å². The second-order valence-electron chi connectivity index (χ2n) is 3.84. The molecule has 1 nitrogen and oxygen atoms in total. The number of Topliss-reactive ketones (excluding diaryl/α,β-unsaturated/α-hetero) is 1. The molecule has 0 saturated heterocycles. The number of carbonyl (C=O) groups excluding carboxylic acids is 1. The SMILES string of the molecule is O=C1C[C@@H]2CCC[C@@H](C1)C2F. The maximum Gasteiger partial charge on any atom is 0.133 e. The van der Waals surface area contributed by atoms with Crippen molar-refractivity contribution in [2.75, 3.05) is 0 Å². The highest BCUT2D eigenvalue weighted by Crippen LogP contribution is 2.40. The Morgan fingerprint density at radius 2 is 1.73 bits per heavy atom. The third-order valence-corrected chi connectivity index (χ3v) is 3.03. The largest absolute Gasteiger partial charge is 0.300 e. The topological polar surface area (TPSA) is 17.1 Å². The van der Waals surface area contributed by atoms with Crippen LogP contribution in [0.5, 0.6) is 0 Å². The summed E-state index contributed by atoms with van der Waals surface area (Å²) in [5.41, 5.74) is 0. The fourth-order valence-electron chi connectivity index (χ4n) is 2.44. The summed E-state index contributed by atoms with van der Waals surface area (Å²) in [5, 5.41) is 0. The molecular weight excluding hydrogens is 143 g/mol. The van der Waals surface area contributed by atoms with E-state index >= 15 is 0 Å². The van der Waals surface area contributed by atoms with Crippen molar-refractivity contribution in [3.05, 3.63) is 0 Å². The Bertz CT molecular complexity index is 162. The second kappa shape index (κ2) is 2.58. The van der Waals surface area contributed by atoms with Gasteiger partial charge in [0.15, 0.2) is 0 Å². The van der Waals surface area contributed by atoms with E-state index in [1.807, 2.05) is 0 Å². The number of rotatable bonds is 0. The minimum absolute atomic E-state index is 0.0787. The van der Waals surface area contributed by atoms with Gasteiger partial charge in [-0.05, 0) is 24.7 Å². The van der Waals surface area contributed by atoms with E-state index in [1.165, 1.54) is 0 Å². The Morgan fingerprint density at radius 1 is 1.18 bits per heavy atom. The summed E-state index contributed by atoms with van der Waals surface area (Å²) in [6.07, 6.45) is 3.35. The molecule has 2 aliphatic rings. The Morgan fingerprint density at radius 3 is 2.27 bits per heavy atom. The summed E-state index contributed by atoms with van der Waals surface area (Å²) >= 11 is 0. The fourth-order valence-corrected chi connectivity index (χ4v) is 2.44. The molecular formula is C9H13FO. The van der Waals surface area contributed by atoms with Gasteiger partial charge in [0, 0.05) is 12.8 Å². The highest BCUT2D eigenvalue weighted by molar-refractivity contribution is 5.80. The first-order valence-electron chi connectivity index (χ1n) is 4.43. The molecule has 2 bridgehead atoms. The van der Waals surface area contributed by atoms with Crippen molar-refractivity contribution in [1.29, 1.82) is 0 Å². The quantitative estimate of drug-likeness (QED) is 0.525. The Hall–Kier alpha value is -0.400. The number of alkyl halides is 1. The van der Waals surface area contributed by atoms with Crippen molar-refractivity contribution < 1.29 is 9.18 Å². The van der Waals surface area contributed by atoms with Crippen molar-refractivity contribution in [3.8, 4) is 0 Å². The van der Waals surface area contributed by atoms with E-state index in [9.17, 15) is 9.18 Å². The zero-order chi connectivity index (χ0) is 7.84. The average molecular weight is 156 g/mol. The standard InChI is InChI=1S/C9H13FO/c10-9-6-2-1-3-7(9)5-8(11)4-6/h6-7,9H,1-5H2/t6-,7-/m0/s1. The molecule has 2 fully saturated rings. The number of ketones is 1. The summed E-state index contributed by atoms with van der Waals surface area (Å²) in [5.74, 6) is 0.443. The van der Waals surface area contributed by atoms with Crippen LogP contribution in [-0.2, 0) is 4.79 Å². The molecule has 11 heavy (non-hydrogen) atoms. The molecule has 2 rings (SSSR count). The molecule has 0 N–H and O–H groups in total. The lowest BCUT2D eigenvalue weighted by atomic mass is 9.70.